The van der Waals surface area contributed by atoms with Crippen LogP contribution in [0.4, 0.5) is 17.1 Å². The highest BCUT2D eigenvalue weighted by Crippen LogP contribution is 2.19. The maximum Gasteiger partial charge on any atom is 0.254 e. The number of fused-ring (bicyclic) bond motifs is 1. The molecule has 3 rings (SSSR count). The quantitative estimate of drug-likeness (QED) is 0.636. The highest BCUT2D eigenvalue weighted by molar-refractivity contribution is 6.10. The van der Waals surface area contributed by atoms with E-state index in [0.29, 0.717) is 22.6 Å². The summed E-state index contributed by atoms with van der Waals surface area (Å²) in [5.41, 5.74) is 2.04. The van der Waals surface area contributed by atoms with Gasteiger partial charge in [0.25, 0.3) is 5.91 Å². The third kappa shape index (κ3) is 4.73. The van der Waals surface area contributed by atoms with E-state index >= 15 is 0 Å². The summed E-state index contributed by atoms with van der Waals surface area (Å²) in [4.78, 5) is 47.8. The van der Waals surface area contributed by atoms with Crippen LogP contribution < -0.4 is 21.3 Å². The molecule has 1 aliphatic rings. The van der Waals surface area contributed by atoms with E-state index < -0.39 is 6.04 Å². The van der Waals surface area contributed by atoms with E-state index in [1.807, 2.05) is 0 Å². The summed E-state index contributed by atoms with van der Waals surface area (Å²) < 4.78 is 0. The van der Waals surface area contributed by atoms with Crippen molar-refractivity contribution in [3.8, 4) is 0 Å². The largest absolute Gasteiger partial charge is 0.340 e. The van der Waals surface area contributed by atoms with E-state index in [9.17, 15) is 19.2 Å². The van der Waals surface area contributed by atoms with Crippen molar-refractivity contribution < 1.29 is 19.2 Å². The SMILES string of the molecule is CC(=O)Nc1ccc(NC(=O)CCC2NC(=O)c3ccccc3NC2=O)cc1. The predicted molar refractivity (Wildman–Crippen MR) is 105 cm³/mol. The fourth-order valence-corrected chi connectivity index (χ4v) is 2.85. The van der Waals surface area contributed by atoms with Gasteiger partial charge >= 0.3 is 0 Å². The summed E-state index contributed by atoms with van der Waals surface area (Å²) in [6, 6.07) is 12.6. The van der Waals surface area contributed by atoms with Crippen molar-refractivity contribution >= 4 is 40.7 Å². The highest BCUT2D eigenvalue weighted by atomic mass is 16.2. The smallest absolute Gasteiger partial charge is 0.254 e. The number of para-hydroxylation sites is 1. The summed E-state index contributed by atoms with van der Waals surface area (Å²) in [5.74, 6) is -1.17. The fourth-order valence-electron chi connectivity index (χ4n) is 2.85. The van der Waals surface area contributed by atoms with Crippen LogP contribution in [-0.4, -0.2) is 29.7 Å². The Hall–Kier alpha value is -3.68. The van der Waals surface area contributed by atoms with Gasteiger partial charge in [-0.1, -0.05) is 12.1 Å². The monoisotopic (exact) mass is 380 g/mol. The van der Waals surface area contributed by atoms with Crippen molar-refractivity contribution in [3.63, 3.8) is 0 Å². The number of nitrogens with one attached hydrogen (secondary N) is 4. The van der Waals surface area contributed by atoms with E-state index in [-0.39, 0.29) is 36.5 Å². The lowest BCUT2D eigenvalue weighted by molar-refractivity contribution is -0.119. The molecule has 0 aliphatic carbocycles. The lowest BCUT2D eigenvalue weighted by Gasteiger charge is -2.14. The standard InChI is InChI=1S/C20H20N4O4/c1-12(25)21-13-6-8-14(9-7-13)22-18(26)11-10-17-20(28)23-16-5-3-2-4-15(16)19(27)24-17/h2-9,17H,10-11H2,1H3,(H,21,25)(H,22,26)(H,23,28)(H,24,27). The van der Waals surface area contributed by atoms with Gasteiger partial charge in [-0.05, 0) is 42.8 Å². The second-order valence-corrected chi connectivity index (χ2v) is 6.41. The van der Waals surface area contributed by atoms with Gasteiger partial charge in [0.05, 0.1) is 11.3 Å². The van der Waals surface area contributed by atoms with Crippen LogP contribution in [0.3, 0.4) is 0 Å². The minimum atomic E-state index is -0.798. The molecule has 1 atom stereocenters. The van der Waals surface area contributed by atoms with Gasteiger partial charge in [0.1, 0.15) is 6.04 Å². The third-order valence-electron chi connectivity index (χ3n) is 4.20. The minimum absolute atomic E-state index is 0.0577. The van der Waals surface area contributed by atoms with Gasteiger partial charge in [0, 0.05) is 24.7 Å². The molecule has 4 N–H and O–H groups in total. The van der Waals surface area contributed by atoms with Crippen molar-refractivity contribution in [2.24, 2.45) is 0 Å². The average Bonchev–Trinajstić information content (AvgIpc) is 2.77. The van der Waals surface area contributed by atoms with Gasteiger partial charge in [-0.15, -0.1) is 0 Å². The summed E-state index contributed by atoms with van der Waals surface area (Å²) in [6.45, 7) is 1.41. The van der Waals surface area contributed by atoms with Crippen molar-refractivity contribution in [1.82, 2.24) is 5.32 Å². The molecule has 28 heavy (non-hydrogen) atoms. The lowest BCUT2D eigenvalue weighted by Crippen LogP contribution is -2.41. The molecule has 1 aliphatic heterocycles. The maximum atomic E-state index is 12.3. The number of amides is 4. The second-order valence-electron chi connectivity index (χ2n) is 6.41. The molecular weight excluding hydrogens is 360 g/mol. The Morgan fingerprint density at radius 3 is 2.29 bits per heavy atom. The number of carbonyl (C=O) groups excluding carboxylic acids is 4. The molecule has 2 aromatic rings. The Kier molecular flexibility index (Phi) is 5.69. The molecule has 2 aromatic carbocycles. The average molecular weight is 380 g/mol. The molecule has 0 saturated heterocycles. The molecule has 0 bridgehead atoms. The van der Waals surface area contributed by atoms with Gasteiger partial charge in [-0.3, -0.25) is 19.2 Å². The Labute approximate surface area is 161 Å². The van der Waals surface area contributed by atoms with Crippen LogP contribution in [0.1, 0.15) is 30.1 Å². The molecule has 8 heteroatoms. The Morgan fingerprint density at radius 1 is 0.964 bits per heavy atom. The first kappa shape index (κ1) is 19.1. The van der Waals surface area contributed by atoms with Crippen molar-refractivity contribution in [3.05, 3.63) is 54.1 Å². The normalized spacial score (nSPS) is 15.5. The second kappa shape index (κ2) is 8.34. The van der Waals surface area contributed by atoms with Crippen LogP contribution in [0.15, 0.2) is 48.5 Å². The molecular formula is C20H20N4O4. The first-order chi connectivity index (χ1) is 13.4. The van der Waals surface area contributed by atoms with Gasteiger partial charge in [0.15, 0.2) is 0 Å². The van der Waals surface area contributed by atoms with Crippen LogP contribution >= 0.6 is 0 Å². The molecule has 0 fully saturated rings. The molecule has 8 nitrogen and oxygen atoms in total. The van der Waals surface area contributed by atoms with Gasteiger partial charge < -0.3 is 21.3 Å². The van der Waals surface area contributed by atoms with Crippen molar-refractivity contribution in [1.29, 1.82) is 0 Å². The Morgan fingerprint density at radius 2 is 1.61 bits per heavy atom. The maximum absolute atomic E-state index is 12.3. The molecule has 0 saturated carbocycles. The zero-order valence-corrected chi connectivity index (χ0v) is 15.2. The first-order valence-corrected chi connectivity index (χ1v) is 8.80. The molecule has 1 heterocycles. The van der Waals surface area contributed by atoms with Crippen LogP contribution in [0, 0.1) is 0 Å². The molecule has 0 aromatic heterocycles. The van der Waals surface area contributed by atoms with Crippen LogP contribution in [-0.2, 0) is 14.4 Å². The van der Waals surface area contributed by atoms with E-state index in [1.54, 1.807) is 48.5 Å². The van der Waals surface area contributed by atoms with Gasteiger partial charge in [-0.25, -0.2) is 0 Å². The third-order valence-corrected chi connectivity index (χ3v) is 4.20. The summed E-state index contributed by atoms with van der Waals surface area (Å²) >= 11 is 0. The van der Waals surface area contributed by atoms with Crippen molar-refractivity contribution in [2.75, 3.05) is 16.0 Å². The van der Waals surface area contributed by atoms with Crippen LogP contribution in [0.25, 0.3) is 0 Å². The zero-order valence-electron chi connectivity index (χ0n) is 15.2. The summed E-state index contributed by atoms with van der Waals surface area (Å²) in [5, 5.41) is 10.7. The first-order valence-electron chi connectivity index (χ1n) is 8.80. The number of carbonyl (C=O) groups is 4. The van der Waals surface area contributed by atoms with E-state index in [4.69, 9.17) is 0 Å². The molecule has 4 amide bonds. The van der Waals surface area contributed by atoms with Crippen molar-refractivity contribution in [2.45, 2.75) is 25.8 Å². The summed E-state index contributed by atoms with van der Waals surface area (Å²) in [7, 11) is 0. The zero-order chi connectivity index (χ0) is 20.1. The van der Waals surface area contributed by atoms with Gasteiger partial charge in [0.2, 0.25) is 17.7 Å². The van der Waals surface area contributed by atoms with Crippen LogP contribution in [0.2, 0.25) is 0 Å². The molecule has 0 radical (unpaired) electrons. The van der Waals surface area contributed by atoms with E-state index in [1.165, 1.54) is 6.92 Å². The molecule has 144 valence electrons. The fraction of sp³-hybridized carbons (Fsp3) is 0.200. The predicted octanol–water partition coefficient (Wildman–Crippen LogP) is 2.11. The number of anilines is 3. The Balaban J connectivity index is 1.55. The van der Waals surface area contributed by atoms with E-state index in [2.05, 4.69) is 21.3 Å². The number of rotatable bonds is 5. The number of hydrogen-bond acceptors (Lipinski definition) is 4. The highest BCUT2D eigenvalue weighted by Gasteiger charge is 2.27. The number of hydrogen-bond donors (Lipinski definition) is 4. The lowest BCUT2D eigenvalue weighted by atomic mass is 10.1. The van der Waals surface area contributed by atoms with E-state index in [0.717, 1.165) is 0 Å². The topological polar surface area (TPSA) is 116 Å². The molecule has 0 spiro atoms. The Bertz CT molecular complexity index is 924. The minimum Gasteiger partial charge on any atom is -0.340 e. The van der Waals surface area contributed by atoms with Gasteiger partial charge in [-0.2, -0.15) is 0 Å². The summed E-state index contributed by atoms with van der Waals surface area (Å²) in [6.07, 6.45) is 0.226. The van der Waals surface area contributed by atoms with Crippen LogP contribution in [0.5, 0.6) is 0 Å². The number of benzene rings is 2. The molecule has 1 unspecified atom stereocenters.